The Labute approximate surface area is 147 Å². The maximum absolute atomic E-state index is 13.2. The average molecular weight is 336 g/mol. The van der Waals surface area contributed by atoms with Gasteiger partial charge < -0.3 is 0 Å². The highest BCUT2D eigenvalue weighted by Gasteiger charge is 2.31. The molecule has 0 bridgehead atoms. The third-order valence-corrected chi connectivity index (χ3v) is 4.57. The summed E-state index contributed by atoms with van der Waals surface area (Å²) in [5, 5.41) is 4.07. The minimum atomic E-state index is -0.264. The van der Waals surface area contributed by atoms with E-state index >= 15 is 0 Å². The molecule has 1 N–H and O–H groups in total. The highest BCUT2D eigenvalue weighted by molar-refractivity contribution is 5.84. The Balaban J connectivity index is 1.72. The fourth-order valence-electron chi connectivity index (χ4n) is 3.21. The quantitative estimate of drug-likeness (QED) is 0.501. The van der Waals surface area contributed by atoms with Crippen LogP contribution in [0, 0.1) is 11.7 Å². The highest BCUT2D eigenvalue weighted by atomic mass is 19.1. The molecule has 1 amide bonds. The number of allylic oxidation sites excluding steroid dienone is 2. The summed E-state index contributed by atoms with van der Waals surface area (Å²) < 4.78 is 13.2. The van der Waals surface area contributed by atoms with Crippen molar-refractivity contribution >= 4 is 12.1 Å². The van der Waals surface area contributed by atoms with Crippen molar-refractivity contribution in [3.63, 3.8) is 0 Å². The van der Waals surface area contributed by atoms with Gasteiger partial charge in [0.15, 0.2) is 0 Å². The lowest BCUT2D eigenvalue weighted by molar-refractivity contribution is -0.125. The van der Waals surface area contributed by atoms with E-state index in [1.54, 1.807) is 18.3 Å². The summed E-state index contributed by atoms with van der Waals surface area (Å²) in [4.78, 5) is 12.6. The van der Waals surface area contributed by atoms with Gasteiger partial charge in [0.05, 0.1) is 12.1 Å². The summed E-state index contributed by atoms with van der Waals surface area (Å²) in [6, 6.07) is 16.0. The number of amides is 1. The van der Waals surface area contributed by atoms with Gasteiger partial charge in [-0.25, -0.2) is 9.82 Å². The van der Waals surface area contributed by atoms with Gasteiger partial charge in [-0.2, -0.15) is 5.10 Å². The molecule has 4 heteroatoms. The van der Waals surface area contributed by atoms with E-state index in [4.69, 9.17) is 0 Å². The molecule has 0 heterocycles. The van der Waals surface area contributed by atoms with Crippen LogP contribution in [0.25, 0.3) is 0 Å². The topological polar surface area (TPSA) is 41.5 Å². The number of carbonyl (C=O) groups is 1. The SMILES string of the molecule is CC1=CCC(C(=O)NN=Cc2ccccc2)C(c2ccc(F)cc2)C1. The van der Waals surface area contributed by atoms with Crippen molar-refractivity contribution < 1.29 is 9.18 Å². The molecule has 128 valence electrons. The van der Waals surface area contributed by atoms with Crippen LogP contribution < -0.4 is 5.43 Å². The summed E-state index contributed by atoms with van der Waals surface area (Å²) in [6.45, 7) is 2.07. The molecule has 3 rings (SSSR count). The Hall–Kier alpha value is -2.75. The Morgan fingerprint density at radius 1 is 1.16 bits per heavy atom. The molecule has 1 aliphatic rings. The van der Waals surface area contributed by atoms with Gasteiger partial charge in [-0.15, -0.1) is 0 Å². The minimum absolute atomic E-state index is 0.0394. The third-order valence-electron chi connectivity index (χ3n) is 4.57. The Kier molecular flexibility index (Phi) is 5.39. The molecule has 2 unspecified atom stereocenters. The first-order valence-electron chi connectivity index (χ1n) is 8.42. The van der Waals surface area contributed by atoms with Gasteiger partial charge in [-0.1, -0.05) is 54.1 Å². The predicted molar refractivity (Wildman–Crippen MR) is 97.8 cm³/mol. The lowest BCUT2D eigenvalue weighted by Crippen LogP contribution is -2.33. The third kappa shape index (κ3) is 4.41. The van der Waals surface area contributed by atoms with Crippen molar-refractivity contribution in [2.24, 2.45) is 11.0 Å². The summed E-state index contributed by atoms with van der Waals surface area (Å²) in [7, 11) is 0. The van der Waals surface area contributed by atoms with Crippen molar-refractivity contribution in [3.05, 3.63) is 83.2 Å². The van der Waals surface area contributed by atoms with E-state index in [0.717, 1.165) is 17.5 Å². The number of hydrogen-bond donors (Lipinski definition) is 1. The number of carbonyl (C=O) groups excluding carboxylic acids is 1. The summed E-state index contributed by atoms with van der Waals surface area (Å²) in [6.07, 6.45) is 5.20. The molecule has 0 fully saturated rings. The molecule has 0 saturated carbocycles. The van der Waals surface area contributed by atoms with Crippen LogP contribution in [0.4, 0.5) is 4.39 Å². The molecular weight excluding hydrogens is 315 g/mol. The van der Waals surface area contributed by atoms with Crippen molar-refractivity contribution in [1.82, 2.24) is 5.43 Å². The first-order valence-corrected chi connectivity index (χ1v) is 8.42. The molecule has 2 aromatic carbocycles. The second-order valence-electron chi connectivity index (χ2n) is 6.40. The van der Waals surface area contributed by atoms with Crippen molar-refractivity contribution in [1.29, 1.82) is 0 Å². The number of halogens is 1. The lowest BCUT2D eigenvalue weighted by atomic mass is 9.75. The number of hydrazone groups is 1. The standard InChI is InChI=1S/C21H21FN2O/c1-15-7-12-19(20(13-15)17-8-10-18(22)11-9-17)21(25)24-23-14-16-5-3-2-4-6-16/h2-11,14,19-20H,12-13H2,1H3,(H,24,25). The van der Waals surface area contributed by atoms with Gasteiger partial charge in [0.25, 0.3) is 0 Å². The zero-order chi connectivity index (χ0) is 17.6. The zero-order valence-electron chi connectivity index (χ0n) is 14.2. The number of benzene rings is 2. The zero-order valence-corrected chi connectivity index (χ0v) is 14.2. The van der Waals surface area contributed by atoms with Gasteiger partial charge in [-0.05, 0) is 48.9 Å². The predicted octanol–water partition coefficient (Wildman–Crippen LogP) is 4.42. The second-order valence-corrected chi connectivity index (χ2v) is 6.40. The highest BCUT2D eigenvalue weighted by Crippen LogP contribution is 2.37. The minimum Gasteiger partial charge on any atom is -0.273 e. The van der Waals surface area contributed by atoms with E-state index in [1.165, 1.54) is 17.7 Å². The average Bonchev–Trinajstić information content (AvgIpc) is 2.63. The molecule has 2 aromatic rings. The van der Waals surface area contributed by atoms with E-state index in [9.17, 15) is 9.18 Å². The molecule has 3 nitrogen and oxygen atoms in total. The normalized spacial score (nSPS) is 20.3. The molecule has 1 aliphatic carbocycles. The van der Waals surface area contributed by atoms with Crippen LogP contribution >= 0.6 is 0 Å². The fourth-order valence-corrected chi connectivity index (χ4v) is 3.21. The summed E-state index contributed by atoms with van der Waals surface area (Å²) in [5.74, 6) is -0.537. The van der Waals surface area contributed by atoms with Crippen LogP contribution in [0.1, 0.15) is 36.8 Å². The first kappa shape index (κ1) is 17.1. The smallest absolute Gasteiger partial charge is 0.244 e. The van der Waals surface area contributed by atoms with Crippen molar-refractivity contribution in [3.8, 4) is 0 Å². The molecule has 0 aromatic heterocycles. The number of rotatable bonds is 4. The Morgan fingerprint density at radius 2 is 1.88 bits per heavy atom. The van der Waals surface area contributed by atoms with Crippen LogP contribution in [0.3, 0.4) is 0 Å². The number of nitrogens with one attached hydrogen (secondary N) is 1. The van der Waals surface area contributed by atoms with Crippen molar-refractivity contribution in [2.75, 3.05) is 0 Å². The summed E-state index contributed by atoms with van der Waals surface area (Å²) in [5.41, 5.74) is 5.82. The van der Waals surface area contributed by atoms with E-state index in [0.29, 0.717) is 6.42 Å². The van der Waals surface area contributed by atoms with Gasteiger partial charge in [0.1, 0.15) is 5.82 Å². The number of nitrogens with zero attached hydrogens (tertiary/aromatic N) is 1. The fraction of sp³-hybridized carbons (Fsp3) is 0.238. The lowest BCUT2D eigenvalue weighted by Gasteiger charge is -2.29. The molecule has 0 radical (unpaired) electrons. The van der Waals surface area contributed by atoms with Crippen LogP contribution in [0.2, 0.25) is 0 Å². The Morgan fingerprint density at radius 3 is 2.60 bits per heavy atom. The molecule has 0 aliphatic heterocycles. The first-order chi connectivity index (χ1) is 12.1. The molecule has 25 heavy (non-hydrogen) atoms. The molecule has 0 saturated heterocycles. The van der Waals surface area contributed by atoms with Gasteiger partial charge in [0.2, 0.25) is 5.91 Å². The second kappa shape index (κ2) is 7.88. The monoisotopic (exact) mass is 336 g/mol. The van der Waals surface area contributed by atoms with Gasteiger partial charge in [-0.3, -0.25) is 4.79 Å². The van der Waals surface area contributed by atoms with Crippen LogP contribution in [0.15, 0.2) is 71.3 Å². The van der Waals surface area contributed by atoms with Gasteiger partial charge in [0, 0.05) is 0 Å². The molecule has 2 atom stereocenters. The van der Waals surface area contributed by atoms with E-state index in [2.05, 4.69) is 23.5 Å². The Bertz CT molecular complexity index is 781. The molecular formula is C21H21FN2O. The maximum atomic E-state index is 13.2. The van der Waals surface area contributed by atoms with E-state index in [-0.39, 0.29) is 23.6 Å². The van der Waals surface area contributed by atoms with E-state index in [1.807, 2.05) is 30.3 Å². The van der Waals surface area contributed by atoms with Crippen molar-refractivity contribution in [2.45, 2.75) is 25.7 Å². The maximum Gasteiger partial charge on any atom is 0.244 e. The van der Waals surface area contributed by atoms with Crippen LogP contribution in [-0.4, -0.2) is 12.1 Å². The number of hydrogen-bond acceptors (Lipinski definition) is 2. The van der Waals surface area contributed by atoms with Crippen LogP contribution in [0.5, 0.6) is 0 Å². The summed E-state index contributed by atoms with van der Waals surface area (Å²) >= 11 is 0. The largest absolute Gasteiger partial charge is 0.273 e. The van der Waals surface area contributed by atoms with Gasteiger partial charge >= 0.3 is 0 Å². The molecule has 0 spiro atoms. The van der Waals surface area contributed by atoms with Crippen LogP contribution in [-0.2, 0) is 4.79 Å². The van der Waals surface area contributed by atoms with E-state index < -0.39 is 0 Å².